The summed E-state index contributed by atoms with van der Waals surface area (Å²) in [5.74, 6) is -1.57. The van der Waals surface area contributed by atoms with E-state index in [1.165, 1.54) is 0 Å². The molecule has 6 heteroatoms. The normalized spacial score (nSPS) is 10.1. The highest BCUT2D eigenvalue weighted by Crippen LogP contribution is 2.29. The Morgan fingerprint density at radius 3 is 2.14 bits per heavy atom. The van der Waals surface area contributed by atoms with Crippen molar-refractivity contribution in [3.8, 4) is 0 Å². The second-order valence-corrected chi connectivity index (χ2v) is 5.53. The number of rotatable bonds is 3. The fraction of sp³-hybridized carbons (Fsp3) is 0.125. The topological polar surface area (TPSA) is 58.2 Å². The summed E-state index contributed by atoms with van der Waals surface area (Å²) in [6.07, 6.45) is 0. The Kier molecular flexibility index (Phi) is 5.41. The van der Waals surface area contributed by atoms with Gasteiger partial charge >= 0.3 is 11.8 Å². The zero-order valence-electron chi connectivity index (χ0n) is 11.8. The Balaban J connectivity index is 1.95. The summed E-state index contributed by atoms with van der Waals surface area (Å²) >= 11 is 11.9. The average Bonchev–Trinajstić information content (AvgIpc) is 2.50. The van der Waals surface area contributed by atoms with Gasteiger partial charge in [-0.3, -0.25) is 9.59 Å². The first kappa shape index (κ1) is 16.3. The van der Waals surface area contributed by atoms with E-state index in [0.29, 0.717) is 0 Å². The van der Waals surface area contributed by atoms with Crippen LogP contribution < -0.4 is 10.6 Å². The molecule has 22 heavy (non-hydrogen) atoms. The Labute approximate surface area is 138 Å². The summed E-state index contributed by atoms with van der Waals surface area (Å²) in [4.78, 5) is 23.7. The summed E-state index contributed by atoms with van der Waals surface area (Å²) in [5.41, 5.74) is 2.25. The van der Waals surface area contributed by atoms with E-state index in [9.17, 15) is 9.59 Å². The molecule has 2 amide bonds. The van der Waals surface area contributed by atoms with Gasteiger partial charge < -0.3 is 10.6 Å². The van der Waals surface area contributed by atoms with E-state index in [4.69, 9.17) is 23.2 Å². The lowest BCUT2D eigenvalue weighted by Gasteiger charge is -2.09. The second-order valence-electron chi connectivity index (χ2n) is 4.72. The number of anilines is 1. The van der Waals surface area contributed by atoms with Crippen molar-refractivity contribution in [2.45, 2.75) is 13.5 Å². The fourth-order valence-corrected chi connectivity index (χ4v) is 2.25. The molecule has 114 valence electrons. The Morgan fingerprint density at radius 2 is 1.55 bits per heavy atom. The molecule has 2 N–H and O–H groups in total. The third kappa shape index (κ3) is 4.23. The van der Waals surface area contributed by atoms with Crippen molar-refractivity contribution in [1.82, 2.24) is 5.32 Å². The molecule has 0 atom stereocenters. The van der Waals surface area contributed by atoms with Crippen LogP contribution in [0.3, 0.4) is 0 Å². The molecular formula is C16H14Cl2N2O2. The lowest BCUT2D eigenvalue weighted by atomic mass is 10.1. The van der Waals surface area contributed by atoms with Gasteiger partial charge in [0.1, 0.15) is 0 Å². The number of nitrogens with one attached hydrogen (secondary N) is 2. The van der Waals surface area contributed by atoms with Crippen LogP contribution in [0, 0.1) is 6.92 Å². The maximum absolute atomic E-state index is 11.9. The van der Waals surface area contributed by atoms with Crippen LogP contribution in [0.1, 0.15) is 11.1 Å². The van der Waals surface area contributed by atoms with Crippen molar-refractivity contribution in [3.63, 3.8) is 0 Å². The maximum atomic E-state index is 11.9. The molecule has 0 saturated carbocycles. The molecule has 2 aromatic carbocycles. The minimum atomic E-state index is -0.817. The Hall–Kier alpha value is -2.04. The van der Waals surface area contributed by atoms with Crippen molar-refractivity contribution in [2.75, 3.05) is 5.32 Å². The average molecular weight is 337 g/mol. The van der Waals surface area contributed by atoms with Gasteiger partial charge in [-0.05, 0) is 24.6 Å². The first-order valence-electron chi connectivity index (χ1n) is 6.56. The quantitative estimate of drug-likeness (QED) is 0.842. The van der Waals surface area contributed by atoms with E-state index in [1.807, 2.05) is 31.2 Å². The van der Waals surface area contributed by atoms with Gasteiger partial charge in [-0.15, -0.1) is 0 Å². The third-order valence-electron chi connectivity index (χ3n) is 2.98. The number of benzene rings is 2. The van der Waals surface area contributed by atoms with Gasteiger partial charge in [-0.25, -0.2) is 0 Å². The smallest absolute Gasteiger partial charge is 0.313 e. The van der Waals surface area contributed by atoms with Gasteiger partial charge in [-0.2, -0.15) is 0 Å². The molecule has 2 rings (SSSR count). The molecule has 0 spiro atoms. The molecule has 0 heterocycles. The van der Waals surface area contributed by atoms with Crippen molar-refractivity contribution in [3.05, 3.63) is 63.6 Å². The Morgan fingerprint density at radius 1 is 0.955 bits per heavy atom. The fourth-order valence-electron chi connectivity index (χ4n) is 1.76. The molecule has 4 nitrogen and oxygen atoms in total. The molecule has 0 radical (unpaired) electrons. The van der Waals surface area contributed by atoms with Crippen LogP contribution >= 0.6 is 23.2 Å². The largest absolute Gasteiger partial charge is 0.344 e. The standard InChI is InChI=1S/C16H14Cl2N2O2/c1-10-5-7-11(8-6-10)9-19-15(21)16(22)20-14-12(17)3-2-4-13(14)18/h2-8H,9H2,1H3,(H,19,21)(H,20,22). The highest BCUT2D eigenvalue weighted by molar-refractivity contribution is 6.44. The van der Waals surface area contributed by atoms with Crippen molar-refractivity contribution in [2.24, 2.45) is 0 Å². The number of hydrogen-bond donors (Lipinski definition) is 2. The molecule has 0 bridgehead atoms. The summed E-state index contributed by atoms with van der Waals surface area (Å²) in [7, 11) is 0. The predicted molar refractivity (Wildman–Crippen MR) is 88.1 cm³/mol. The highest BCUT2D eigenvalue weighted by Gasteiger charge is 2.16. The van der Waals surface area contributed by atoms with Crippen molar-refractivity contribution >= 4 is 40.7 Å². The van der Waals surface area contributed by atoms with Crippen LogP contribution in [0.4, 0.5) is 5.69 Å². The molecule has 0 aliphatic rings. The minimum absolute atomic E-state index is 0.223. The number of carbonyl (C=O) groups is 2. The summed E-state index contributed by atoms with van der Waals surface area (Å²) < 4.78 is 0. The molecule has 0 aromatic heterocycles. The second kappa shape index (κ2) is 7.29. The third-order valence-corrected chi connectivity index (χ3v) is 3.61. The summed E-state index contributed by atoms with van der Waals surface area (Å²) in [5, 5.41) is 5.49. The van der Waals surface area contributed by atoms with Gasteiger partial charge in [0.2, 0.25) is 0 Å². The van der Waals surface area contributed by atoms with Crippen LogP contribution in [-0.4, -0.2) is 11.8 Å². The van der Waals surface area contributed by atoms with Crippen LogP contribution in [0.2, 0.25) is 10.0 Å². The Bertz CT molecular complexity index is 680. The van der Waals surface area contributed by atoms with Crippen LogP contribution in [0.25, 0.3) is 0 Å². The van der Waals surface area contributed by atoms with Crippen molar-refractivity contribution in [1.29, 1.82) is 0 Å². The number of carbonyl (C=O) groups excluding carboxylic acids is 2. The molecule has 0 saturated heterocycles. The zero-order chi connectivity index (χ0) is 16.1. The first-order valence-corrected chi connectivity index (χ1v) is 7.31. The van der Waals surface area contributed by atoms with Gasteiger partial charge in [0.15, 0.2) is 0 Å². The van der Waals surface area contributed by atoms with E-state index in [1.54, 1.807) is 18.2 Å². The van der Waals surface area contributed by atoms with E-state index >= 15 is 0 Å². The lowest BCUT2D eigenvalue weighted by molar-refractivity contribution is -0.136. The number of hydrogen-bond acceptors (Lipinski definition) is 2. The zero-order valence-corrected chi connectivity index (χ0v) is 13.3. The summed E-state index contributed by atoms with van der Waals surface area (Å²) in [6, 6.07) is 12.4. The van der Waals surface area contributed by atoms with Crippen LogP contribution in [0.15, 0.2) is 42.5 Å². The molecule has 0 unspecified atom stereocenters. The predicted octanol–water partition coefficient (Wildman–Crippen LogP) is 3.56. The number of halogens is 2. The van der Waals surface area contributed by atoms with E-state index in [2.05, 4.69) is 10.6 Å². The van der Waals surface area contributed by atoms with E-state index in [0.717, 1.165) is 11.1 Å². The molecule has 2 aromatic rings. The molecule has 0 aliphatic carbocycles. The number of para-hydroxylation sites is 1. The molecule has 0 aliphatic heterocycles. The number of aryl methyl sites for hydroxylation is 1. The molecule has 0 fully saturated rings. The highest BCUT2D eigenvalue weighted by atomic mass is 35.5. The maximum Gasteiger partial charge on any atom is 0.313 e. The van der Waals surface area contributed by atoms with Gasteiger partial charge in [0.05, 0.1) is 15.7 Å². The molecular weight excluding hydrogens is 323 g/mol. The van der Waals surface area contributed by atoms with E-state index in [-0.39, 0.29) is 22.3 Å². The van der Waals surface area contributed by atoms with Gasteiger partial charge in [0.25, 0.3) is 0 Å². The van der Waals surface area contributed by atoms with Crippen LogP contribution in [-0.2, 0) is 16.1 Å². The lowest BCUT2D eigenvalue weighted by Crippen LogP contribution is -2.35. The van der Waals surface area contributed by atoms with Gasteiger partial charge in [0, 0.05) is 6.54 Å². The SMILES string of the molecule is Cc1ccc(CNC(=O)C(=O)Nc2c(Cl)cccc2Cl)cc1. The van der Waals surface area contributed by atoms with Gasteiger partial charge in [-0.1, -0.05) is 59.1 Å². The number of amides is 2. The minimum Gasteiger partial charge on any atom is -0.344 e. The van der Waals surface area contributed by atoms with Crippen molar-refractivity contribution < 1.29 is 9.59 Å². The first-order chi connectivity index (χ1) is 10.5. The van der Waals surface area contributed by atoms with Crippen LogP contribution in [0.5, 0.6) is 0 Å². The monoisotopic (exact) mass is 336 g/mol. The van der Waals surface area contributed by atoms with E-state index < -0.39 is 11.8 Å². The summed E-state index contributed by atoms with van der Waals surface area (Å²) in [6.45, 7) is 2.24.